The topological polar surface area (TPSA) is 79.3 Å². The van der Waals surface area contributed by atoms with Gasteiger partial charge in [-0.3, -0.25) is 4.79 Å². The molecule has 0 unspecified atom stereocenters. The monoisotopic (exact) mass is 487 g/mol. The highest BCUT2D eigenvalue weighted by molar-refractivity contribution is 6.36. The van der Waals surface area contributed by atoms with Crippen LogP contribution in [0.4, 0.5) is 16.3 Å². The fourth-order valence-electron chi connectivity index (χ4n) is 3.07. The molecule has 9 heteroatoms. The number of benzene rings is 2. The van der Waals surface area contributed by atoms with Gasteiger partial charge in [-0.15, -0.1) is 0 Å². The molecule has 0 saturated carbocycles. The molecule has 174 valence electrons. The van der Waals surface area contributed by atoms with Gasteiger partial charge in [0, 0.05) is 23.0 Å². The molecule has 3 rings (SSSR count). The van der Waals surface area contributed by atoms with E-state index in [0.29, 0.717) is 28.1 Å². The van der Waals surface area contributed by atoms with Gasteiger partial charge < -0.3 is 15.5 Å². The molecule has 3 aromatic rings. The van der Waals surface area contributed by atoms with E-state index in [-0.39, 0.29) is 17.9 Å². The van der Waals surface area contributed by atoms with Crippen LogP contribution in [0.5, 0.6) is 0 Å². The largest absolute Gasteiger partial charge is 0.322 e. The molecule has 0 aliphatic carbocycles. The van der Waals surface area contributed by atoms with Crippen molar-refractivity contribution < 1.29 is 9.59 Å². The van der Waals surface area contributed by atoms with Crippen molar-refractivity contribution >= 4 is 46.6 Å². The Kier molecular flexibility index (Phi) is 7.66. The molecule has 0 bridgehead atoms. The first kappa shape index (κ1) is 24.6. The number of aromatic nitrogens is 2. The second kappa shape index (κ2) is 10.3. The van der Waals surface area contributed by atoms with Crippen LogP contribution < -0.4 is 10.6 Å². The van der Waals surface area contributed by atoms with Gasteiger partial charge in [0.25, 0.3) is 0 Å². The number of nitrogens with zero attached hydrogens (tertiary/aromatic N) is 3. The predicted octanol–water partition coefficient (Wildman–Crippen LogP) is 5.97. The number of amides is 3. The fraction of sp³-hybridized carbons (Fsp3) is 0.292. The number of carbonyl (C=O) groups excluding carboxylic acids is 2. The number of nitrogens with one attached hydrogen (secondary N) is 2. The van der Waals surface area contributed by atoms with Crippen molar-refractivity contribution in [3.8, 4) is 5.69 Å². The number of halogens is 2. The third kappa shape index (κ3) is 6.27. The molecule has 0 aliphatic rings. The second-order valence-corrected chi connectivity index (χ2v) is 9.37. The first-order chi connectivity index (χ1) is 15.6. The quantitative estimate of drug-likeness (QED) is 0.449. The molecule has 2 N–H and O–H groups in total. The van der Waals surface area contributed by atoms with Crippen molar-refractivity contribution in [1.29, 1.82) is 0 Å². The average molecular weight is 488 g/mol. The highest BCUT2D eigenvalue weighted by atomic mass is 35.5. The van der Waals surface area contributed by atoms with E-state index in [9.17, 15) is 9.59 Å². The van der Waals surface area contributed by atoms with Crippen LogP contribution in [0.2, 0.25) is 10.0 Å². The van der Waals surface area contributed by atoms with Gasteiger partial charge in [0.05, 0.1) is 22.1 Å². The molecular weight excluding hydrogens is 461 g/mol. The molecule has 0 atom stereocenters. The Labute approximate surface area is 203 Å². The van der Waals surface area contributed by atoms with Crippen LogP contribution in [0.25, 0.3) is 5.69 Å². The van der Waals surface area contributed by atoms with Gasteiger partial charge >= 0.3 is 6.03 Å². The summed E-state index contributed by atoms with van der Waals surface area (Å²) in [5.41, 5.74) is 1.88. The summed E-state index contributed by atoms with van der Waals surface area (Å²) in [4.78, 5) is 27.0. The zero-order valence-corrected chi connectivity index (χ0v) is 20.5. The number of rotatable bonds is 6. The van der Waals surface area contributed by atoms with Crippen molar-refractivity contribution in [2.75, 3.05) is 23.7 Å². The maximum Gasteiger partial charge on any atom is 0.322 e. The van der Waals surface area contributed by atoms with Crippen molar-refractivity contribution in [3.63, 3.8) is 0 Å². The van der Waals surface area contributed by atoms with Crippen LogP contribution in [0, 0.1) is 0 Å². The SMILES string of the molecule is CCN(CC(=O)Nc1cc(C(C)(C)C)nn1-c1ccccc1)C(=O)Nc1ccc(Cl)cc1Cl. The maximum absolute atomic E-state index is 12.9. The molecule has 0 saturated heterocycles. The van der Waals surface area contributed by atoms with Gasteiger partial charge in [-0.1, -0.05) is 62.2 Å². The normalized spacial score (nSPS) is 11.2. The summed E-state index contributed by atoms with van der Waals surface area (Å²) in [7, 11) is 0. The molecular formula is C24H27Cl2N5O2. The number of urea groups is 1. The number of likely N-dealkylation sites (N-methyl/N-ethyl adjacent to an activating group) is 1. The van der Waals surface area contributed by atoms with Crippen molar-refractivity contribution in [2.24, 2.45) is 0 Å². The summed E-state index contributed by atoms with van der Waals surface area (Å²) in [6, 6.07) is 15.8. The Bertz CT molecular complexity index is 1140. The molecule has 0 fully saturated rings. The predicted molar refractivity (Wildman–Crippen MR) is 134 cm³/mol. The van der Waals surface area contributed by atoms with Gasteiger partial charge in [-0.05, 0) is 37.3 Å². The van der Waals surface area contributed by atoms with Crippen molar-refractivity contribution in [2.45, 2.75) is 33.1 Å². The Hall–Kier alpha value is -3.03. The number of anilines is 2. The number of hydrogen-bond donors (Lipinski definition) is 2. The van der Waals surface area contributed by atoms with Gasteiger partial charge in [-0.2, -0.15) is 5.10 Å². The molecule has 33 heavy (non-hydrogen) atoms. The minimum atomic E-state index is -0.441. The molecule has 3 amide bonds. The molecule has 2 aromatic carbocycles. The van der Waals surface area contributed by atoms with Gasteiger partial charge in [0.2, 0.25) is 5.91 Å². The zero-order chi connectivity index (χ0) is 24.2. The van der Waals surface area contributed by atoms with Crippen LogP contribution in [-0.4, -0.2) is 39.7 Å². The van der Waals surface area contributed by atoms with E-state index in [1.165, 1.54) is 4.90 Å². The number of para-hydroxylation sites is 1. The van der Waals surface area contributed by atoms with Crippen LogP contribution in [0.3, 0.4) is 0 Å². The summed E-state index contributed by atoms with van der Waals surface area (Å²) in [6.45, 7) is 8.15. The highest BCUT2D eigenvalue weighted by Crippen LogP contribution is 2.27. The summed E-state index contributed by atoms with van der Waals surface area (Å²) < 4.78 is 1.70. The minimum absolute atomic E-state index is 0.141. The lowest BCUT2D eigenvalue weighted by molar-refractivity contribution is -0.116. The van der Waals surface area contributed by atoms with Gasteiger partial charge in [0.15, 0.2) is 0 Å². The Morgan fingerprint density at radius 1 is 1.03 bits per heavy atom. The highest BCUT2D eigenvalue weighted by Gasteiger charge is 2.23. The van der Waals surface area contributed by atoms with E-state index < -0.39 is 6.03 Å². The minimum Gasteiger partial charge on any atom is -0.315 e. The summed E-state index contributed by atoms with van der Waals surface area (Å²) in [5, 5.41) is 11.1. The van der Waals surface area contributed by atoms with Crippen molar-refractivity contribution in [1.82, 2.24) is 14.7 Å². The molecule has 1 heterocycles. The van der Waals surface area contributed by atoms with E-state index in [2.05, 4.69) is 31.4 Å². The second-order valence-electron chi connectivity index (χ2n) is 8.53. The standard InChI is InChI=1S/C24H27Cl2N5O2/c1-5-30(23(33)27-19-12-11-16(25)13-18(19)26)15-22(32)28-21-14-20(24(2,3)4)29-31(21)17-9-7-6-8-10-17/h6-14H,5,15H2,1-4H3,(H,27,33)(H,28,32). The van der Waals surface area contributed by atoms with E-state index in [4.69, 9.17) is 28.3 Å². The lowest BCUT2D eigenvalue weighted by Gasteiger charge is -2.21. The van der Waals surface area contributed by atoms with E-state index in [1.54, 1.807) is 29.8 Å². The van der Waals surface area contributed by atoms with Crippen LogP contribution in [0.1, 0.15) is 33.4 Å². The number of carbonyl (C=O) groups is 2. The molecule has 7 nitrogen and oxygen atoms in total. The summed E-state index contributed by atoms with van der Waals surface area (Å²) in [6.07, 6.45) is 0. The summed E-state index contributed by atoms with van der Waals surface area (Å²) >= 11 is 12.1. The molecule has 1 aromatic heterocycles. The van der Waals surface area contributed by atoms with Gasteiger partial charge in [0.1, 0.15) is 12.4 Å². The first-order valence-corrected chi connectivity index (χ1v) is 11.3. The molecule has 0 spiro atoms. The zero-order valence-electron chi connectivity index (χ0n) is 19.0. The van der Waals surface area contributed by atoms with E-state index >= 15 is 0 Å². The lowest BCUT2D eigenvalue weighted by Crippen LogP contribution is -2.40. The van der Waals surface area contributed by atoms with Crippen LogP contribution in [0.15, 0.2) is 54.6 Å². The summed E-state index contributed by atoms with van der Waals surface area (Å²) in [5.74, 6) is 0.195. The van der Waals surface area contributed by atoms with Crippen molar-refractivity contribution in [3.05, 3.63) is 70.3 Å². The van der Waals surface area contributed by atoms with Gasteiger partial charge in [-0.25, -0.2) is 9.48 Å². The van der Waals surface area contributed by atoms with E-state index in [1.807, 2.05) is 36.4 Å². The lowest BCUT2D eigenvalue weighted by atomic mass is 9.92. The molecule has 0 aliphatic heterocycles. The smallest absolute Gasteiger partial charge is 0.315 e. The maximum atomic E-state index is 12.9. The van der Waals surface area contributed by atoms with E-state index in [0.717, 1.165) is 11.4 Å². The Morgan fingerprint density at radius 3 is 2.33 bits per heavy atom. The third-order valence-electron chi connectivity index (χ3n) is 4.92. The van der Waals surface area contributed by atoms with Crippen LogP contribution >= 0.6 is 23.2 Å². The fourth-order valence-corrected chi connectivity index (χ4v) is 3.53. The Balaban J connectivity index is 1.76. The van der Waals surface area contributed by atoms with Crippen LogP contribution in [-0.2, 0) is 10.2 Å². The average Bonchev–Trinajstić information content (AvgIpc) is 3.18. The molecule has 0 radical (unpaired) electrons. The number of hydrogen-bond acceptors (Lipinski definition) is 3. The third-order valence-corrected chi connectivity index (χ3v) is 5.47. The Morgan fingerprint density at radius 2 is 1.73 bits per heavy atom. The first-order valence-electron chi connectivity index (χ1n) is 10.5.